The van der Waals surface area contributed by atoms with E-state index in [1.165, 1.54) is 12.3 Å². The molecule has 1 aromatic rings. The first-order valence-corrected chi connectivity index (χ1v) is 4.71. The highest BCUT2D eigenvalue weighted by Crippen LogP contribution is 2.20. The molecule has 0 atom stereocenters. The van der Waals surface area contributed by atoms with Crippen LogP contribution in [0, 0.1) is 0 Å². The molecule has 0 N–H and O–H groups in total. The zero-order valence-corrected chi connectivity index (χ0v) is 8.37. The summed E-state index contributed by atoms with van der Waals surface area (Å²) in [4.78, 5) is 7.90. The van der Waals surface area contributed by atoms with Crippen molar-refractivity contribution in [2.75, 3.05) is 0 Å². The number of rotatable bonds is 0. The van der Waals surface area contributed by atoms with E-state index < -0.39 is 0 Å². The highest BCUT2D eigenvalue weighted by molar-refractivity contribution is 5.67. The second-order valence-corrected chi connectivity index (χ2v) is 2.48. The molecule has 0 fully saturated rings. The minimum absolute atomic E-state index is 0.289. The van der Waals surface area contributed by atoms with Gasteiger partial charge in [-0.15, -0.1) is 0 Å². The summed E-state index contributed by atoms with van der Waals surface area (Å²) < 4.78 is 13.2. The maximum absolute atomic E-state index is 13.2. The lowest BCUT2D eigenvalue weighted by Gasteiger charge is -1.97. The van der Waals surface area contributed by atoms with Crippen LogP contribution in [0.15, 0.2) is 24.5 Å². The molecule has 1 heterocycles. The largest absolute Gasteiger partial charge is 0.253 e. The van der Waals surface area contributed by atoms with Crippen molar-refractivity contribution in [2.24, 2.45) is 0 Å². The van der Waals surface area contributed by atoms with Gasteiger partial charge >= 0.3 is 0 Å². The van der Waals surface area contributed by atoms with Crippen LogP contribution in [0.2, 0.25) is 0 Å². The number of halogens is 1. The zero-order chi connectivity index (χ0) is 10.4. The van der Waals surface area contributed by atoms with E-state index in [9.17, 15) is 4.39 Å². The Kier molecular flexibility index (Phi) is 3.98. The average Bonchev–Trinajstić information content (AvgIpc) is 2.45. The number of nitrogens with zero attached hydrogens (tertiary/aromatic N) is 2. The van der Waals surface area contributed by atoms with E-state index in [4.69, 9.17) is 0 Å². The van der Waals surface area contributed by atoms with Crippen molar-refractivity contribution in [1.29, 1.82) is 0 Å². The van der Waals surface area contributed by atoms with Gasteiger partial charge in [-0.2, -0.15) is 0 Å². The van der Waals surface area contributed by atoms with Gasteiger partial charge in [0.2, 0.25) is 0 Å². The number of fused-ring (bicyclic) bond motifs is 1. The minimum atomic E-state index is -0.289. The van der Waals surface area contributed by atoms with Gasteiger partial charge in [-0.3, -0.25) is 4.98 Å². The van der Waals surface area contributed by atoms with Gasteiger partial charge in [0.15, 0.2) is 0 Å². The van der Waals surface area contributed by atoms with Crippen molar-refractivity contribution in [1.82, 2.24) is 9.97 Å². The van der Waals surface area contributed by atoms with Crippen LogP contribution in [0.4, 0.5) is 4.39 Å². The molecule has 3 heteroatoms. The van der Waals surface area contributed by atoms with Gasteiger partial charge in [-0.1, -0.05) is 19.9 Å². The van der Waals surface area contributed by atoms with E-state index in [-0.39, 0.29) is 5.83 Å². The Hall–Kier alpha value is -1.51. The Balaban J connectivity index is 0.000000461. The van der Waals surface area contributed by atoms with Gasteiger partial charge in [0.05, 0.1) is 5.69 Å². The second-order valence-electron chi connectivity index (χ2n) is 2.48. The fourth-order valence-corrected chi connectivity index (χ4v) is 1.10. The molecule has 0 spiro atoms. The highest BCUT2D eigenvalue weighted by atomic mass is 19.1. The summed E-state index contributed by atoms with van der Waals surface area (Å²) in [5.41, 5.74) is 0.940. The molecule has 2 nitrogen and oxygen atoms in total. The van der Waals surface area contributed by atoms with Crippen LogP contribution in [-0.2, 0) is 0 Å². The van der Waals surface area contributed by atoms with Gasteiger partial charge in [-0.25, -0.2) is 9.37 Å². The van der Waals surface area contributed by atoms with Crippen LogP contribution in [0.3, 0.4) is 0 Å². The summed E-state index contributed by atoms with van der Waals surface area (Å²) in [7, 11) is 0. The molecule has 0 aliphatic heterocycles. The third-order valence-corrected chi connectivity index (χ3v) is 1.66. The lowest BCUT2D eigenvalue weighted by Crippen LogP contribution is -1.91. The molecule has 2 rings (SSSR count). The summed E-state index contributed by atoms with van der Waals surface area (Å²) in [6, 6.07) is 0. The van der Waals surface area contributed by atoms with Crippen LogP contribution in [-0.4, -0.2) is 9.97 Å². The van der Waals surface area contributed by atoms with Crippen molar-refractivity contribution in [2.45, 2.75) is 20.3 Å². The monoisotopic (exact) mass is 192 g/mol. The van der Waals surface area contributed by atoms with Crippen molar-refractivity contribution in [3.63, 3.8) is 0 Å². The molecule has 74 valence electrons. The van der Waals surface area contributed by atoms with E-state index in [0.29, 0.717) is 17.8 Å². The molecule has 0 radical (unpaired) electrons. The predicted molar refractivity (Wildman–Crippen MR) is 56.1 cm³/mol. The first-order chi connectivity index (χ1) is 6.88. The van der Waals surface area contributed by atoms with Gasteiger partial charge in [0.1, 0.15) is 11.5 Å². The Morgan fingerprint density at radius 3 is 2.71 bits per heavy atom. The maximum Gasteiger partial charge on any atom is 0.147 e. The molecule has 0 amide bonds. The van der Waals surface area contributed by atoms with E-state index in [1.54, 1.807) is 12.3 Å². The van der Waals surface area contributed by atoms with Crippen molar-refractivity contribution < 1.29 is 4.39 Å². The highest BCUT2D eigenvalue weighted by Gasteiger charge is 2.08. The number of hydrogen-bond acceptors (Lipinski definition) is 2. The summed E-state index contributed by atoms with van der Waals surface area (Å²) in [5, 5.41) is 0. The molecule has 0 saturated heterocycles. The minimum Gasteiger partial charge on any atom is -0.253 e. The average molecular weight is 192 g/mol. The van der Waals surface area contributed by atoms with Gasteiger partial charge < -0.3 is 0 Å². The van der Waals surface area contributed by atoms with Crippen molar-refractivity contribution >= 4 is 11.9 Å². The van der Waals surface area contributed by atoms with Gasteiger partial charge in [-0.05, 0) is 18.6 Å². The van der Waals surface area contributed by atoms with Crippen LogP contribution < -0.4 is 0 Å². The summed E-state index contributed by atoms with van der Waals surface area (Å²) in [6.07, 6.45) is 8.79. The van der Waals surface area contributed by atoms with Gasteiger partial charge in [0.25, 0.3) is 0 Å². The molecule has 0 unspecified atom stereocenters. The fraction of sp³-hybridized carbons (Fsp3) is 0.273. The number of allylic oxidation sites excluding steroid dienone is 2. The summed E-state index contributed by atoms with van der Waals surface area (Å²) in [6.45, 7) is 4.00. The molecule has 0 aromatic carbocycles. The fourth-order valence-electron chi connectivity index (χ4n) is 1.10. The first-order valence-electron chi connectivity index (χ1n) is 4.71. The zero-order valence-electron chi connectivity index (χ0n) is 8.37. The van der Waals surface area contributed by atoms with Crippen LogP contribution in [0.25, 0.3) is 11.9 Å². The Morgan fingerprint density at radius 1 is 1.21 bits per heavy atom. The SMILES string of the molecule is CC.FC1=CCC=Cc2nccnc21. The predicted octanol–water partition coefficient (Wildman–Crippen LogP) is 3.23. The van der Waals surface area contributed by atoms with E-state index in [1.807, 2.05) is 19.9 Å². The topological polar surface area (TPSA) is 25.8 Å². The second kappa shape index (κ2) is 5.27. The lowest BCUT2D eigenvalue weighted by atomic mass is 10.3. The molecular formula is C11H13FN2. The standard InChI is InChI=1S/C9H7FN2.C2H6/c10-7-3-1-2-4-8-9(7)12-6-5-11-8;1-2/h2-6H,1H2;1-2H3. The smallest absolute Gasteiger partial charge is 0.147 e. The van der Waals surface area contributed by atoms with E-state index in [0.717, 1.165) is 0 Å². The molecule has 1 aliphatic carbocycles. The normalized spacial score (nSPS) is 13.2. The van der Waals surface area contributed by atoms with Crippen LogP contribution in [0.5, 0.6) is 0 Å². The molecule has 14 heavy (non-hydrogen) atoms. The first kappa shape index (κ1) is 10.6. The Morgan fingerprint density at radius 2 is 1.93 bits per heavy atom. The molecular weight excluding hydrogens is 179 g/mol. The van der Waals surface area contributed by atoms with Crippen LogP contribution >= 0.6 is 0 Å². The Bertz CT molecular complexity index is 356. The summed E-state index contributed by atoms with van der Waals surface area (Å²) >= 11 is 0. The molecule has 1 aromatic heterocycles. The lowest BCUT2D eigenvalue weighted by molar-refractivity contribution is 0.747. The quantitative estimate of drug-likeness (QED) is 0.630. The van der Waals surface area contributed by atoms with Crippen molar-refractivity contribution in [3.8, 4) is 0 Å². The molecule has 1 aliphatic rings. The maximum atomic E-state index is 13.2. The van der Waals surface area contributed by atoms with Crippen LogP contribution in [0.1, 0.15) is 31.7 Å². The third kappa shape index (κ3) is 2.25. The van der Waals surface area contributed by atoms with Crippen molar-refractivity contribution in [3.05, 3.63) is 35.9 Å². The Labute approximate surface area is 83.2 Å². The molecule has 0 bridgehead atoms. The number of aromatic nitrogens is 2. The van der Waals surface area contributed by atoms with E-state index >= 15 is 0 Å². The summed E-state index contributed by atoms with van der Waals surface area (Å²) in [5.74, 6) is -0.289. The number of hydrogen-bond donors (Lipinski definition) is 0. The third-order valence-electron chi connectivity index (χ3n) is 1.66. The van der Waals surface area contributed by atoms with E-state index in [2.05, 4.69) is 9.97 Å². The van der Waals surface area contributed by atoms with Gasteiger partial charge in [0, 0.05) is 12.4 Å². The molecule has 0 saturated carbocycles.